The minimum atomic E-state index is -0.130. The number of ether oxygens (including phenoxy) is 1. The Balaban J connectivity index is 2.51. The number of benzene rings is 1. The zero-order valence-corrected chi connectivity index (χ0v) is 11.7. The molecule has 1 rings (SSSR count). The van der Waals surface area contributed by atoms with Gasteiger partial charge in [0.15, 0.2) is 0 Å². The van der Waals surface area contributed by atoms with Crippen LogP contribution in [-0.2, 0) is 15.3 Å². The highest BCUT2D eigenvalue weighted by atomic mass is 32.2. The highest BCUT2D eigenvalue weighted by molar-refractivity contribution is 7.99. The van der Waals surface area contributed by atoms with Crippen molar-refractivity contribution in [2.24, 2.45) is 5.92 Å². The Labute approximate surface area is 108 Å². The van der Waals surface area contributed by atoms with Crippen LogP contribution < -0.4 is 0 Å². The fourth-order valence-corrected chi connectivity index (χ4v) is 2.68. The summed E-state index contributed by atoms with van der Waals surface area (Å²) in [6.07, 6.45) is 0. The molecule has 1 aromatic carbocycles. The monoisotopic (exact) mass is 252 g/mol. The van der Waals surface area contributed by atoms with Crippen LogP contribution in [0.25, 0.3) is 0 Å². The third-order valence-electron chi connectivity index (χ3n) is 3.04. The van der Waals surface area contributed by atoms with Crippen molar-refractivity contribution >= 4 is 17.7 Å². The first-order chi connectivity index (χ1) is 8.06. The van der Waals surface area contributed by atoms with Crippen molar-refractivity contribution in [3.8, 4) is 0 Å². The van der Waals surface area contributed by atoms with E-state index in [1.54, 1.807) is 11.8 Å². The molecule has 0 N–H and O–H groups in total. The fourth-order valence-electron chi connectivity index (χ4n) is 1.52. The number of thioether (sulfide) groups is 1. The lowest BCUT2D eigenvalue weighted by atomic mass is 10.1. The van der Waals surface area contributed by atoms with E-state index in [-0.39, 0.29) is 17.1 Å². The van der Waals surface area contributed by atoms with Gasteiger partial charge in [0.05, 0.1) is 13.0 Å². The van der Waals surface area contributed by atoms with Gasteiger partial charge in [0.25, 0.3) is 0 Å². The van der Waals surface area contributed by atoms with Crippen molar-refractivity contribution in [2.75, 3.05) is 7.11 Å². The standard InChI is InChI=1S/C14H20O2S/c1-10-7-5-6-8-13(10)9-17-12(3)11(2)14(15)16-4/h5-8,11-12H,9H2,1-4H3. The van der Waals surface area contributed by atoms with Gasteiger partial charge < -0.3 is 4.74 Å². The van der Waals surface area contributed by atoms with E-state index < -0.39 is 0 Å². The number of hydrogen-bond donors (Lipinski definition) is 0. The average Bonchev–Trinajstić information content (AvgIpc) is 2.35. The topological polar surface area (TPSA) is 26.3 Å². The summed E-state index contributed by atoms with van der Waals surface area (Å²) >= 11 is 1.79. The highest BCUT2D eigenvalue weighted by Crippen LogP contribution is 2.25. The van der Waals surface area contributed by atoms with Crippen LogP contribution in [0.4, 0.5) is 0 Å². The second-order valence-electron chi connectivity index (χ2n) is 4.25. The highest BCUT2D eigenvalue weighted by Gasteiger charge is 2.21. The molecule has 17 heavy (non-hydrogen) atoms. The maximum atomic E-state index is 11.4. The van der Waals surface area contributed by atoms with E-state index in [9.17, 15) is 4.79 Å². The van der Waals surface area contributed by atoms with Crippen molar-refractivity contribution < 1.29 is 9.53 Å². The Kier molecular flexibility index (Phi) is 5.56. The SMILES string of the molecule is COC(=O)C(C)C(C)SCc1ccccc1C. The molecule has 0 aromatic heterocycles. The lowest BCUT2D eigenvalue weighted by molar-refractivity contribution is -0.144. The average molecular weight is 252 g/mol. The van der Waals surface area contributed by atoms with Crippen LogP contribution in [0.15, 0.2) is 24.3 Å². The van der Waals surface area contributed by atoms with Gasteiger partial charge in [-0.25, -0.2) is 0 Å². The van der Waals surface area contributed by atoms with E-state index in [2.05, 4.69) is 32.0 Å². The molecule has 0 bridgehead atoms. The third kappa shape index (κ3) is 4.08. The predicted octanol–water partition coefficient (Wildman–Crippen LogP) is 3.43. The minimum Gasteiger partial charge on any atom is -0.469 e. The smallest absolute Gasteiger partial charge is 0.309 e. The van der Waals surface area contributed by atoms with Crippen molar-refractivity contribution in [3.05, 3.63) is 35.4 Å². The summed E-state index contributed by atoms with van der Waals surface area (Å²) in [5, 5.41) is 0.266. The molecule has 0 radical (unpaired) electrons. The predicted molar refractivity (Wildman–Crippen MR) is 73.1 cm³/mol. The fraction of sp³-hybridized carbons (Fsp3) is 0.500. The van der Waals surface area contributed by atoms with E-state index in [1.807, 2.05) is 13.0 Å². The number of methoxy groups -OCH3 is 1. The Morgan fingerprint density at radius 1 is 1.35 bits per heavy atom. The largest absolute Gasteiger partial charge is 0.469 e. The van der Waals surface area contributed by atoms with E-state index in [0.717, 1.165) is 5.75 Å². The normalized spacial score (nSPS) is 14.1. The van der Waals surface area contributed by atoms with Gasteiger partial charge >= 0.3 is 5.97 Å². The minimum absolute atomic E-state index is 0.0611. The van der Waals surface area contributed by atoms with Crippen LogP contribution in [0.1, 0.15) is 25.0 Å². The molecule has 94 valence electrons. The first-order valence-electron chi connectivity index (χ1n) is 5.80. The van der Waals surface area contributed by atoms with Gasteiger partial charge in [0, 0.05) is 11.0 Å². The molecule has 0 aliphatic carbocycles. The molecule has 2 unspecified atom stereocenters. The van der Waals surface area contributed by atoms with Gasteiger partial charge in [-0.05, 0) is 18.1 Å². The van der Waals surface area contributed by atoms with E-state index in [4.69, 9.17) is 4.74 Å². The van der Waals surface area contributed by atoms with Gasteiger partial charge in [0.2, 0.25) is 0 Å². The molecule has 2 atom stereocenters. The third-order valence-corrected chi connectivity index (χ3v) is 4.45. The molecule has 0 fully saturated rings. The maximum absolute atomic E-state index is 11.4. The molecule has 1 aromatic rings. The zero-order chi connectivity index (χ0) is 12.8. The van der Waals surface area contributed by atoms with Crippen LogP contribution in [-0.4, -0.2) is 18.3 Å². The summed E-state index contributed by atoms with van der Waals surface area (Å²) in [5.74, 6) is 0.749. The van der Waals surface area contributed by atoms with Gasteiger partial charge in [-0.2, -0.15) is 11.8 Å². The van der Waals surface area contributed by atoms with Crippen molar-refractivity contribution in [1.29, 1.82) is 0 Å². The number of carbonyl (C=O) groups excluding carboxylic acids is 1. The quantitative estimate of drug-likeness (QED) is 0.751. The molecule has 0 aliphatic heterocycles. The lowest BCUT2D eigenvalue weighted by Crippen LogP contribution is -2.22. The number of esters is 1. The summed E-state index contributed by atoms with van der Waals surface area (Å²) in [4.78, 5) is 11.4. The molecular formula is C14H20O2S. The Morgan fingerprint density at radius 3 is 2.59 bits per heavy atom. The maximum Gasteiger partial charge on any atom is 0.309 e. The molecule has 0 aliphatic rings. The summed E-state index contributed by atoms with van der Waals surface area (Å²) in [5.41, 5.74) is 2.64. The van der Waals surface area contributed by atoms with Gasteiger partial charge in [-0.15, -0.1) is 0 Å². The Bertz CT molecular complexity index is 376. The first kappa shape index (κ1) is 14.1. The van der Waals surface area contributed by atoms with Crippen LogP contribution in [0, 0.1) is 12.8 Å². The number of hydrogen-bond acceptors (Lipinski definition) is 3. The van der Waals surface area contributed by atoms with Crippen LogP contribution in [0.5, 0.6) is 0 Å². The van der Waals surface area contributed by atoms with Crippen LogP contribution in [0.2, 0.25) is 0 Å². The zero-order valence-electron chi connectivity index (χ0n) is 10.9. The molecule has 0 saturated heterocycles. The molecule has 0 amide bonds. The lowest BCUT2D eigenvalue weighted by Gasteiger charge is -2.17. The summed E-state index contributed by atoms with van der Waals surface area (Å²) in [6.45, 7) is 6.11. The van der Waals surface area contributed by atoms with Gasteiger partial charge in [-0.1, -0.05) is 38.1 Å². The van der Waals surface area contributed by atoms with E-state index in [0.29, 0.717) is 0 Å². The van der Waals surface area contributed by atoms with Crippen molar-refractivity contribution in [2.45, 2.75) is 31.8 Å². The molecule has 2 nitrogen and oxygen atoms in total. The Morgan fingerprint density at radius 2 is 2.00 bits per heavy atom. The first-order valence-corrected chi connectivity index (χ1v) is 6.85. The molecule has 3 heteroatoms. The number of aryl methyl sites for hydroxylation is 1. The van der Waals surface area contributed by atoms with E-state index >= 15 is 0 Å². The van der Waals surface area contributed by atoms with Crippen molar-refractivity contribution in [1.82, 2.24) is 0 Å². The molecule has 0 heterocycles. The molecule has 0 spiro atoms. The molecule has 0 saturated carbocycles. The summed E-state index contributed by atoms with van der Waals surface area (Å²) < 4.78 is 4.76. The second-order valence-corrected chi connectivity index (χ2v) is 5.62. The van der Waals surface area contributed by atoms with Crippen molar-refractivity contribution in [3.63, 3.8) is 0 Å². The second kappa shape index (κ2) is 6.70. The Hall–Kier alpha value is -0.960. The summed E-state index contributed by atoms with van der Waals surface area (Å²) in [7, 11) is 1.44. The van der Waals surface area contributed by atoms with Crippen LogP contribution in [0.3, 0.4) is 0 Å². The van der Waals surface area contributed by atoms with E-state index in [1.165, 1.54) is 18.2 Å². The van der Waals surface area contributed by atoms with Gasteiger partial charge in [-0.3, -0.25) is 4.79 Å². The number of carbonyl (C=O) groups is 1. The summed E-state index contributed by atoms with van der Waals surface area (Å²) in [6, 6.07) is 8.35. The number of rotatable bonds is 5. The molecular weight excluding hydrogens is 232 g/mol. The van der Waals surface area contributed by atoms with Gasteiger partial charge in [0.1, 0.15) is 0 Å². The van der Waals surface area contributed by atoms with Crippen LogP contribution >= 0.6 is 11.8 Å².